The lowest BCUT2D eigenvalue weighted by molar-refractivity contribution is 1.01. The monoisotopic (exact) mass is 497 g/mol. The molecule has 0 spiro atoms. The van der Waals surface area contributed by atoms with Gasteiger partial charge in [0.25, 0.3) is 0 Å². The van der Waals surface area contributed by atoms with Gasteiger partial charge in [-0.3, -0.25) is 4.57 Å². The standard InChI is InChI=1S/C36H23N3/c1-2-10-24(11-3-1)25-18-20-26(21-19-25)35-30-15-6-8-16-32(30)37-36(38-35)39-33-17-9-7-14-29(33)31-22-27-12-4-5-13-28(27)23-34(31)39/h1-23H. The van der Waals surface area contributed by atoms with Crippen LogP contribution >= 0.6 is 0 Å². The molecule has 0 saturated carbocycles. The van der Waals surface area contributed by atoms with Gasteiger partial charge in [0.15, 0.2) is 0 Å². The normalized spacial score (nSPS) is 11.6. The van der Waals surface area contributed by atoms with Crippen LogP contribution in [0.5, 0.6) is 0 Å². The van der Waals surface area contributed by atoms with Gasteiger partial charge in [0.1, 0.15) is 0 Å². The molecule has 6 aromatic carbocycles. The highest BCUT2D eigenvalue weighted by molar-refractivity contribution is 6.13. The molecule has 0 unspecified atom stereocenters. The van der Waals surface area contributed by atoms with E-state index >= 15 is 0 Å². The summed E-state index contributed by atoms with van der Waals surface area (Å²) >= 11 is 0. The zero-order valence-electron chi connectivity index (χ0n) is 21.1. The summed E-state index contributed by atoms with van der Waals surface area (Å²) in [5, 5.41) is 5.87. The number of hydrogen-bond donors (Lipinski definition) is 0. The van der Waals surface area contributed by atoms with Gasteiger partial charge in [0, 0.05) is 21.7 Å². The fourth-order valence-electron chi connectivity index (χ4n) is 5.71. The molecule has 0 N–H and O–H groups in total. The third-order valence-corrected chi connectivity index (χ3v) is 7.60. The molecular weight excluding hydrogens is 474 g/mol. The maximum atomic E-state index is 5.25. The van der Waals surface area contributed by atoms with Crippen molar-refractivity contribution in [2.24, 2.45) is 0 Å². The Hall–Kier alpha value is -5.28. The summed E-state index contributed by atoms with van der Waals surface area (Å²) in [5.41, 5.74) is 7.53. The van der Waals surface area contributed by atoms with E-state index in [0.29, 0.717) is 5.95 Å². The van der Waals surface area contributed by atoms with Gasteiger partial charge in [-0.1, -0.05) is 115 Å². The van der Waals surface area contributed by atoms with Crippen molar-refractivity contribution in [3.8, 4) is 28.3 Å². The fraction of sp³-hybridized carbons (Fsp3) is 0. The van der Waals surface area contributed by atoms with E-state index in [1.54, 1.807) is 0 Å². The van der Waals surface area contributed by atoms with Gasteiger partial charge in [-0.05, 0) is 46.2 Å². The summed E-state index contributed by atoms with van der Waals surface area (Å²) in [6, 6.07) is 49.0. The largest absolute Gasteiger partial charge is 0.278 e. The van der Waals surface area contributed by atoms with Gasteiger partial charge in [0.2, 0.25) is 5.95 Å². The summed E-state index contributed by atoms with van der Waals surface area (Å²) in [6.07, 6.45) is 0. The first-order valence-corrected chi connectivity index (χ1v) is 13.2. The van der Waals surface area contributed by atoms with E-state index in [-0.39, 0.29) is 0 Å². The van der Waals surface area contributed by atoms with Crippen LogP contribution in [0.2, 0.25) is 0 Å². The molecule has 0 atom stereocenters. The Morgan fingerprint density at radius 3 is 1.85 bits per heavy atom. The van der Waals surface area contributed by atoms with Crippen LogP contribution in [0.25, 0.3) is 71.8 Å². The molecular formula is C36H23N3. The quantitative estimate of drug-likeness (QED) is 0.244. The average molecular weight is 498 g/mol. The van der Waals surface area contributed by atoms with Crippen molar-refractivity contribution in [1.29, 1.82) is 0 Å². The molecule has 182 valence electrons. The Morgan fingerprint density at radius 2 is 1.03 bits per heavy atom. The summed E-state index contributed by atoms with van der Waals surface area (Å²) in [4.78, 5) is 10.3. The molecule has 0 aliphatic carbocycles. The van der Waals surface area contributed by atoms with E-state index in [1.165, 1.54) is 32.7 Å². The van der Waals surface area contributed by atoms with Crippen molar-refractivity contribution in [1.82, 2.24) is 14.5 Å². The fourth-order valence-corrected chi connectivity index (χ4v) is 5.71. The predicted molar refractivity (Wildman–Crippen MR) is 162 cm³/mol. The van der Waals surface area contributed by atoms with E-state index < -0.39 is 0 Å². The minimum atomic E-state index is 0.678. The molecule has 0 aliphatic rings. The highest BCUT2D eigenvalue weighted by atomic mass is 15.2. The summed E-state index contributed by atoms with van der Waals surface area (Å²) < 4.78 is 2.21. The van der Waals surface area contributed by atoms with Crippen LogP contribution in [0.15, 0.2) is 140 Å². The molecule has 3 nitrogen and oxygen atoms in total. The van der Waals surface area contributed by atoms with Crippen LogP contribution in [0, 0.1) is 0 Å². The number of aromatic nitrogens is 3. The maximum Gasteiger partial charge on any atom is 0.235 e. The lowest BCUT2D eigenvalue weighted by Crippen LogP contribution is -2.03. The first-order valence-electron chi connectivity index (χ1n) is 13.2. The highest BCUT2D eigenvalue weighted by Gasteiger charge is 2.17. The lowest BCUT2D eigenvalue weighted by atomic mass is 10.0. The van der Waals surface area contributed by atoms with E-state index in [2.05, 4.69) is 132 Å². The predicted octanol–water partition coefficient (Wildman–Crippen LogP) is 9.21. The molecule has 39 heavy (non-hydrogen) atoms. The van der Waals surface area contributed by atoms with E-state index in [9.17, 15) is 0 Å². The molecule has 8 aromatic rings. The molecule has 0 amide bonds. The van der Waals surface area contributed by atoms with Gasteiger partial charge in [-0.2, -0.15) is 0 Å². The van der Waals surface area contributed by atoms with E-state index in [1.807, 2.05) is 12.1 Å². The van der Waals surface area contributed by atoms with E-state index in [4.69, 9.17) is 9.97 Å². The van der Waals surface area contributed by atoms with Crippen LogP contribution in [0.1, 0.15) is 0 Å². The topological polar surface area (TPSA) is 30.7 Å². The molecule has 3 heteroatoms. The minimum absolute atomic E-state index is 0.678. The second-order valence-corrected chi connectivity index (χ2v) is 9.90. The number of fused-ring (bicyclic) bond motifs is 5. The summed E-state index contributed by atoms with van der Waals surface area (Å²) in [6.45, 7) is 0. The van der Waals surface area contributed by atoms with Crippen molar-refractivity contribution in [2.45, 2.75) is 0 Å². The lowest BCUT2D eigenvalue weighted by Gasteiger charge is -2.12. The second-order valence-electron chi connectivity index (χ2n) is 9.90. The third-order valence-electron chi connectivity index (χ3n) is 7.60. The van der Waals surface area contributed by atoms with Crippen LogP contribution in [-0.2, 0) is 0 Å². The molecule has 2 aromatic heterocycles. The van der Waals surface area contributed by atoms with Crippen LogP contribution in [-0.4, -0.2) is 14.5 Å². The van der Waals surface area contributed by atoms with Crippen molar-refractivity contribution in [3.05, 3.63) is 140 Å². The minimum Gasteiger partial charge on any atom is -0.278 e. The van der Waals surface area contributed by atoms with Crippen molar-refractivity contribution in [2.75, 3.05) is 0 Å². The van der Waals surface area contributed by atoms with Crippen molar-refractivity contribution in [3.63, 3.8) is 0 Å². The zero-order valence-corrected chi connectivity index (χ0v) is 21.1. The van der Waals surface area contributed by atoms with Gasteiger partial charge in [0.05, 0.1) is 22.2 Å². The third kappa shape index (κ3) is 3.52. The maximum absolute atomic E-state index is 5.25. The first kappa shape index (κ1) is 21.8. The van der Waals surface area contributed by atoms with Crippen molar-refractivity contribution >= 4 is 43.5 Å². The number of para-hydroxylation sites is 2. The molecule has 0 saturated heterocycles. The average Bonchev–Trinajstić information content (AvgIpc) is 3.33. The SMILES string of the molecule is c1ccc(-c2ccc(-c3nc(-n4c5ccccc5c5cc6ccccc6cc54)nc4ccccc34)cc2)cc1. The summed E-state index contributed by atoms with van der Waals surface area (Å²) in [5.74, 6) is 0.678. The Labute approximate surface area is 225 Å². The summed E-state index contributed by atoms with van der Waals surface area (Å²) in [7, 11) is 0. The number of hydrogen-bond acceptors (Lipinski definition) is 2. The van der Waals surface area contributed by atoms with Crippen LogP contribution in [0.4, 0.5) is 0 Å². The van der Waals surface area contributed by atoms with Gasteiger partial charge in [-0.25, -0.2) is 9.97 Å². The Morgan fingerprint density at radius 1 is 0.410 bits per heavy atom. The molecule has 0 aliphatic heterocycles. The molecule has 0 bridgehead atoms. The molecule has 2 heterocycles. The van der Waals surface area contributed by atoms with Crippen LogP contribution < -0.4 is 0 Å². The van der Waals surface area contributed by atoms with E-state index in [0.717, 1.165) is 33.2 Å². The number of nitrogens with zero attached hydrogens (tertiary/aromatic N) is 3. The van der Waals surface area contributed by atoms with Gasteiger partial charge < -0.3 is 0 Å². The molecule has 0 fully saturated rings. The van der Waals surface area contributed by atoms with Crippen LogP contribution in [0.3, 0.4) is 0 Å². The first-order chi connectivity index (χ1) is 19.3. The smallest absolute Gasteiger partial charge is 0.235 e. The Bertz CT molecular complexity index is 2160. The number of rotatable bonds is 3. The Balaban J connectivity index is 1.39. The number of benzene rings is 6. The highest BCUT2D eigenvalue weighted by Crippen LogP contribution is 2.36. The Kier molecular flexibility index (Phi) is 4.82. The van der Waals surface area contributed by atoms with Crippen molar-refractivity contribution < 1.29 is 0 Å². The van der Waals surface area contributed by atoms with Gasteiger partial charge >= 0.3 is 0 Å². The molecule has 8 rings (SSSR count). The molecule has 0 radical (unpaired) electrons. The zero-order chi connectivity index (χ0) is 25.8. The second kappa shape index (κ2) is 8.64. The van der Waals surface area contributed by atoms with Gasteiger partial charge in [-0.15, -0.1) is 0 Å².